The monoisotopic (exact) mass is 423 g/mol. The topological polar surface area (TPSA) is 90.8 Å². The minimum Gasteiger partial charge on any atom is -0.507 e. The Kier molecular flexibility index (Phi) is 6.97. The molecule has 0 heterocycles. The molecule has 0 unspecified atom stereocenters. The van der Waals surface area contributed by atoms with E-state index < -0.39 is 0 Å². The van der Waals surface area contributed by atoms with Gasteiger partial charge in [-0.1, -0.05) is 17.7 Å². The van der Waals surface area contributed by atoms with Crippen molar-refractivity contribution in [3.8, 4) is 5.75 Å². The molecule has 0 aliphatic heterocycles. The molecule has 2 aromatic carbocycles. The minimum atomic E-state index is -0.379. The second-order valence-corrected chi connectivity index (χ2v) is 6.35. The van der Waals surface area contributed by atoms with Gasteiger partial charge in [0.2, 0.25) is 11.8 Å². The molecule has 0 fully saturated rings. The lowest BCUT2D eigenvalue weighted by molar-refractivity contribution is -0.124. The molecule has 0 aliphatic rings. The molecule has 3 N–H and O–H groups in total. The third-order valence-electron chi connectivity index (χ3n) is 3.06. The van der Waals surface area contributed by atoms with E-state index in [4.69, 9.17) is 11.6 Å². The fraction of sp³-hybridized carbons (Fsp3) is 0.118. The fourth-order valence-electron chi connectivity index (χ4n) is 1.85. The average Bonchev–Trinajstić information content (AvgIpc) is 2.56. The standard InChI is InChI=1S/C17H15BrClN3O3/c18-14-8-11(4-5-15(14)23)10-20-22-17(25)7-6-16(24)21-13-3-1-2-12(19)9-13/h1-5,8-10,23H,6-7H2,(H,21,24)(H,22,25). The van der Waals surface area contributed by atoms with Gasteiger partial charge in [0.15, 0.2) is 0 Å². The highest BCUT2D eigenvalue weighted by Crippen LogP contribution is 2.23. The first kappa shape index (κ1) is 19.0. The summed E-state index contributed by atoms with van der Waals surface area (Å²) >= 11 is 9.02. The molecule has 2 aromatic rings. The molecule has 0 saturated heterocycles. The molecule has 0 aromatic heterocycles. The van der Waals surface area contributed by atoms with E-state index in [0.29, 0.717) is 20.7 Å². The molecule has 0 bridgehead atoms. The maximum atomic E-state index is 11.8. The van der Waals surface area contributed by atoms with Gasteiger partial charge in [-0.2, -0.15) is 5.10 Å². The van der Waals surface area contributed by atoms with E-state index in [0.717, 1.165) is 0 Å². The molecule has 6 nitrogen and oxygen atoms in total. The molecule has 0 radical (unpaired) electrons. The van der Waals surface area contributed by atoms with Gasteiger partial charge >= 0.3 is 0 Å². The van der Waals surface area contributed by atoms with Crippen molar-refractivity contribution in [1.29, 1.82) is 0 Å². The van der Waals surface area contributed by atoms with E-state index in [-0.39, 0.29) is 30.4 Å². The molecule has 25 heavy (non-hydrogen) atoms. The van der Waals surface area contributed by atoms with E-state index >= 15 is 0 Å². The third-order valence-corrected chi connectivity index (χ3v) is 3.93. The summed E-state index contributed by atoms with van der Waals surface area (Å²) in [5.41, 5.74) is 3.62. The van der Waals surface area contributed by atoms with Crippen LogP contribution in [0.5, 0.6) is 5.75 Å². The van der Waals surface area contributed by atoms with Crippen LogP contribution in [-0.2, 0) is 9.59 Å². The Labute approximate surface area is 158 Å². The maximum absolute atomic E-state index is 11.8. The lowest BCUT2D eigenvalue weighted by Gasteiger charge is -2.05. The Hall–Kier alpha value is -2.38. The highest BCUT2D eigenvalue weighted by atomic mass is 79.9. The number of benzene rings is 2. The Morgan fingerprint density at radius 1 is 1.16 bits per heavy atom. The van der Waals surface area contributed by atoms with E-state index in [1.165, 1.54) is 12.3 Å². The Balaban J connectivity index is 1.75. The summed E-state index contributed by atoms with van der Waals surface area (Å²) in [5, 5.41) is 16.4. The number of phenols is 1. The summed E-state index contributed by atoms with van der Waals surface area (Å²) in [7, 11) is 0. The molecule has 2 amide bonds. The molecular weight excluding hydrogens is 410 g/mol. The van der Waals surface area contributed by atoms with E-state index in [2.05, 4.69) is 31.8 Å². The first-order valence-corrected chi connectivity index (χ1v) is 8.47. The number of rotatable bonds is 6. The van der Waals surface area contributed by atoms with Crippen molar-refractivity contribution in [1.82, 2.24) is 5.43 Å². The van der Waals surface area contributed by atoms with Crippen molar-refractivity contribution < 1.29 is 14.7 Å². The molecule has 0 spiro atoms. The smallest absolute Gasteiger partial charge is 0.240 e. The number of halogens is 2. The van der Waals surface area contributed by atoms with Gasteiger partial charge in [-0.05, 0) is 57.9 Å². The summed E-state index contributed by atoms with van der Waals surface area (Å²) in [6.07, 6.45) is 1.47. The Morgan fingerprint density at radius 2 is 1.92 bits per heavy atom. The molecule has 0 saturated carbocycles. The summed E-state index contributed by atoms with van der Waals surface area (Å²) in [4.78, 5) is 23.5. The van der Waals surface area contributed by atoms with Crippen molar-refractivity contribution in [3.63, 3.8) is 0 Å². The van der Waals surface area contributed by atoms with Crippen LogP contribution in [-0.4, -0.2) is 23.1 Å². The highest BCUT2D eigenvalue weighted by Gasteiger charge is 2.07. The number of aromatic hydroxyl groups is 1. The fourth-order valence-corrected chi connectivity index (χ4v) is 2.44. The zero-order valence-electron chi connectivity index (χ0n) is 13.0. The van der Waals surface area contributed by atoms with Crippen LogP contribution >= 0.6 is 27.5 Å². The lowest BCUT2D eigenvalue weighted by Crippen LogP contribution is -2.20. The number of carbonyl (C=O) groups excluding carboxylic acids is 2. The van der Waals surface area contributed by atoms with Crippen molar-refractivity contribution in [2.45, 2.75) is 12.8 Å². The Bertz CT molecular complexity index is 811. The predicted octanol–water partition coefficient (Wildman–Crippen LogP) is 3.68. The van der Waals surface area contributed by atoms with Gasteiger partial charge in [0.05, 0.1) is 10.7 Å². The zero-order chi connectivity index (χ0) is 18.2. The number of hydrogen-bond acceptors (Lipinski definition) is 4. The quantitative estimate of drug-likeness (QED) is 0.488. The van der Waals surface area contributed by atoms with Gasteiger partial charge in [0.1, 0.15) is 5.75 Å². The van der Waals surface area contributed by atoms with Crippen LogP contribution in [0.1, 0.15) is 18.4 Å². The van der Waals surface area contributed by atoms with Crippen LogP contribution in [0.4, 0.5) is 5.69 Å². The molecule has 2 rings (SSSR count). The van der Waals surface area contributed by atoms with Crippen LogP contribution in [0.3, 0.4) is 0 Å². The van der Waals surface area contributed by atoms with Gasteiger partial charge in [0, 0.05) is 23.6 Å². The summed E-state index contributed by atoms with van der Waals surface area (Å²) in [6, 6.07) is 11.6. The van der Waals surface area contributed by atoms with Gasteiger partial charge < -0.3 is 10.4 Å². The van der Waals surface area contributed by atoms with Gasteiger partial charge in [-0.3, -0.25) is 9.59 Å². The number of hydrazone groups is 1. The summed E-state index contributed by atoms with van der Waals surface area (Å²) in [5.74, 6) is -0.550. The summed E-state index contributed by atoms with van der Waals surface area (Å²) < 4.78 is 0.528. The van der Waals surface area contributed by atoms with Crippen molar-refractivity contribution in [2.24, 2.45) is 5.10 Å². The molecule has 0 atom stereocenters. The zero-order valence-corrected chi connectivity index (χ0v) is 15.3. The molecular formula is C17H15BrClN3O3. The number of phenolic OH excluding ortho intramolecular Hbond substituents is 1. The van der Waals surface area contributed by atoms with Crippen molar-refractivity contribution in [3.05, 3.63) is 57.5 Å². The molecule has 0 aliphatic carbocycles. The van der Waals surface area contributed by atoms with E-state index in [9.17, 15) is 14.7 Å². The summed E-state index contributed by atoms with van der Waals surface area (Å²) in [6.45, 7) is 0. The number of anilines is 1. The van der Waals surface area contributed by atoms with Crippen molar-refractivity contribution >= 4 is 51.2 Å². The number of amides is 2. The first-order valence-electron chi connectivity index (χ1n) is 7.30. The van der Waals surface area contributed by atoms with Crippen molar-refractivity contribution in [2.75, 3.05) is 5.32 Å². The van der Waals surface area contributed by atoms with Crippen LogP contribution in [0.15, 0.2) is 52.0 Å². The van der Waals surface area contributed by atoms with E-state index in [1.807, 2.05) is 0 Å². The average molecular weight is 425 g/mol. The van der Waals surface area contributed by atoms with E-state index in [1.54, 1.807) is 36.4 Å². The van der Waals surface area contributed by atoms with Gasteiger partial charge in [0.25, 0.3) is 0 Å². The highest BCUT2D eigenvalue weighted by molar-refractivity contribution is 9.10. The second-order valence-electron chi connectivity index (χ2n) is 5.06. The third kappa shape index (κ3) is 6.56. The predicted molar refractivity (Wildman–Crippen MR) is 101 cm³/mol. The van der Waals surface area contributed by atoms with Crippen LogP contribution in [0, 0.1) is 0 Å². The SMILES string of the molecule is O=C(CCC(=O)Nc1cccc(Cl)c1)NN=Cc1ccc(O)c(Br)c1. The van der Waals surface area contributed by atoms with Crippen LogP contribution in [0.2, 0.25) is 5.02 Å². The maximum Gasteiger partial charge on any atom is 0.240 e. The molecule has 8 heteroatoms. The normalized spacial score (nSPS) is 10.6. The number of nitrogens with one attached hydrogen (secondary N) is 2. The van der Waals surface area contributed by atoms with Gasteiger partial charge in [-0.15, -0.1) is 0 Å². The largest absolute Gasteiger partial charge is 0.507 e. The van der Waals surface area contributed by atoms with Gasteiger partial charge in [-0.25, -0.2) is 5.43 Å². The number of nitrogens with zero attached hydrogens (tertiary/aromatic N) is 1. The van der Waals surface area contributed by atoms with Crippen LogP contribution in [0.25, 0.3) is 0 Å². The lowest BCUT2D eigenvalue weighted by atomic mass is 10.2. The number of carbonyl (C=O) groups is 2. The molecule has 130 valence electrons. The van der Waals surface area contributed by atoms with Crippen LogP contribution < -0.4 is 10.7 Å². The number of hydrogen-bond donors (Lipinski definition) is 3. The Morgan fingerprint density at radius 3 is 2.64 bits per heavy atom. The minimum absolute atomic E-state index is 0.00299. The first-order chi connectivity index (χ1) is 11.9. The second kappa shape index (κ2) is 9.19.